The van der Waals surface area contributed by atoms with Crippen molar-refractivity contribution in [1.29, 1.82) is 0 Å². The predicted octanol–water partition coefficient (Wildman–Crippen LogP) is 0.188. The summed E-state index contributed by atoms with van der Waals surface area (Å²) in [6.45, 7) is 0.602. The van der Waals surface area contributed by atoms with Crippen LogP contribution < -0.4 is 5.32 Å². The van der Waals surface area contributed by atoms with Gasteiger partial charge in [-0.25, -0.2) is 12.7 Å². The molecule has 128 valence electrons. The van der Waals surface area contributed by atoms with Gasteiger partial charge in [0.25, 0.3) is 5.91 Å². The Morgan fingerprint density at radius 3 is 2.78 bits per heavy atom. The molecule has 0 spiro atoms. The molecule has 1 saturated heterocycles. The van der Waals surface area contributed by atoms with Gasteiger partial charge in [0.2, 0.25) is 15.8 Å². The molecule has 8 nitrogen and oxygen atoms in total. The zero-order valence-corrected chi connectivity index (χ0v) is 14.0. The van der Waals surface area contributed by atoms with Crippen molar-refractivity contribution >= 4 is 15.9 Å². The number of amides is 1. The van der Waals surface area contributed by atoms with Gasteiger partial charge in [-0.1, -0.05) is 5.16 Å². The van der Waals surface area contributed by atoms with Crippen LogP contribution in [0.5, 0.6) is 0 Å². The van der Waals surface area contributed by atoms with Crippen LogP contribution in [0.15, 0.2) is 10.6 Å². The zero-order valence-electron chi connectivity index (χ0n) is 13.2. The summed E-state index contributed by atoms with van der Waals surface area (Å²) in [4.78, 5) is 12.2. The molecule has 1 aliphatic heterocycles. The maximum atomic E-state index is 12.2. The molecule has 0 bridgehead atoms. The van der Waals surface area contributed by atoms with Crippen molar-refractivity contribution in [3.63, 3.8) is 0 Å². The summed E-state index contributed by atoms with van der Waals surface area (Å²) in [6, 6.07) is 1.31. The lowest BCUT2D eigenvalue weighted by Crippen LogP contribution is -2.43. The normalized spacial score (nSPS) is 25.0. The maximum absolute atomic E-state index is 12.2. The summed E-state index contributed by atoms with van der Waals surface area (Å²) in [5.74, 6) is -0.153. The van der Waals surface area contributed by atoms with E-state index in [-0.39, 0.29) is 29.4 Å². The molecule has 0 radical (unpaired) electrons. The second kappa shape index (κ2) is 6.21. The number of aromatic nitrogens is 1. The Hall–Kier alpha value is -1.45. The van der Waals surface area contributed by atoms with E-state index in [4.69, 9.17) is 9.26 Å². The molecule has 1 amide bonds. The third-order valence-corrected chi connectivity index (χ3v) is 6.21. The van der Waals surface area contributed by atoms with E-state index in [0.29, 0.717) is 19.1 Å². The van der Waals surface area contributed by atoms with Crippen molar-refractivity contribution in [2.75, 3.05) is 33.1 Å². The molecule has 1 saturated carbocycles. The number of carbonyl (C=O) groups excluding carboxylic acids is 1. The second-order valence-electron chi connectivity index (χ2n) is 6.33. The van der Waals surface area contributed by atoms with E-state index < -0.39 is 10.0 Å². The fraction of sp³-hybridized carbons (Fsp3) is 0.714. The van der Waals surface area contributed by atoms with Gasteiger partial charge in [-0.05, 0) is 12.8 Å². The van der Waals surface area contributed by atoms with E-state index in [1.807, 2.05) is 0 Å². The van der Waals surface area contributed by atoms with Gasteiger partial charge in [-0.2, -0.15) is 0 Å². The molecule has 3 rings (SSSR count). The smallest absolute Gasteiger partial charge is 0.290 e. The molecular formula is C14H21N3O5S. The van der Waals surface area contributed by atoms with E-state index >= 15 is 0 Å². The first-order chi connectivity index (χ1) is 10.9. The maximum Gasteiger partial charge on any atom is 0.290 e. The molecule has 1 aliphatic carbocycles. The molecule has 1 aromatic heterocycles. The fourth-order valence-corrected chi connectivity index (χ4v) is 3.72. The Morgan fingerprint density at radius 2 is 2.13 bits per heavy atom. The lowest BCUT2D eigenvalue weighted by atomic mass is 10.1. The minimum Gasteiger partial charge on any atom is -0.379 e. The van der Waals surface area contributed by atoms with Gasteiger partial charge in [0.1, 0.15) is 0 Å². The van der Waals surface area contributed by atoms with Gasteiger partial charge in [0, 0.05) is 32.0 Å². The summed E-state index contributed by atoms with van der Waals surface area (Å²) in [7, 11) is -0.362. The first-order valence-electron chi connectivity index (χ1n) is 7.62. The fourth-order valence-electron chi connectivity index (χ4n) is 2.55. The van der Waals surface area contributed by atoms with Crippen LogP contribution in [0.25, 0.3) is 0 Å². The van der Waals surface area contributed by atoms with Crippen LogP contribution in [0.4, 0.5) is 0 Å². The lowest BCUT2D eigenvalue weighted by molar-refractivity contribution is 0.0888. The Balaban J connectivity index is 1.62. The van der Waals surface area contributed by atoms with Crippen LogP contribution in [0.3, 0.4) is 0 Å². The van der Waals surface area contributed by atoms with Gasteiger partial charge in [0.15, 0.2) is 0 Å². The van der Waals surface area contributed by atoms with Gasteiger partial charge in [-0.3, -0.25) is 4.79 Å². The standard InChI is InChI=1S/C14H21N3O5S/c1-17(2)23(19,20)8-10-6-21-7-12(10)15-14(18)13-5-11(16-22-13)9-3-4-9/h5,9-10,12H,3-4,6-8H2,1-2H3,(H,15,18)/t10-,12+/m0/s1. The number of hydrogen-bond donors (Lipinski definition) is 1. The average molecular weight is 343 g/mol. The van der Waals surface area contributed by atoms with Crippen LogP contribution in [-0.4, -0.2) is 62.9 Å². The van der Waals surface area contributed by atoms with Crippen molar-refractivity contribution in [3.05, 3.63) is 17.5 Å². The second-order valence-corrected chi connectivity index (χ2v) is 8.56. The summed E-state index contributed by atoms with van der Waals surface area (Å²) in [5.41, 5.74) is 0.810. The number of ether oxygens (including phenoxy) is 1. The molecule has 2 fully saturated rings. The third kappa shape index (κ3) is 3.73. The van der Waals surface area contributed by atoms with Crippen molar-refractivity contribution in [1.82, 2.24) is 14.8 Å². The first-order valence-corrected chi connectivity index (χ1v) is 9.23. The summed E-state index contributed by atoms with van der Waals surface area (Å²) in [5, 5.41) is 6.70. The van der Waals surface area contributed by atoms with Crippen LogP contribution in [0.1, 0.15) is 35.0 Å². The molecule has 2 atom stereocenters. The molecule has 2 aliphatic rings. The number of sulfonamides is 1. The van der Waals surface area contributed by atoms with Crippen LogP contribution in [0, 0.1) is 5.92 Å². The minimum atomic E-state index is -3.35. The molecule has 9 heteroatoms. The van der Waals surface area contributed by atoms with Crippen LogP contribution >= 0.6 is 0 Å². The molecule has 23 heavy (non-hydrogen) atoms. The topological polar surface area (TPSA) is 102 Å². The van der Waals surface area contributed by atoms with E-state index in [9.17, 15) is 13.2 Å². The molecule has 1 N–H and O–H groups in total. The molecule has 1 aromatic rings. The van der Waals surface area contributed by atoms with Crippen LogP contribution in [0.2, 0.25) is 0 Å². The highest BCUT2D eigenvalue weighted by molar-refractivity contribution is 7.89. The van der Waals surface area contributed by atoms with Crippen molar-refractivity contribution in [2.24, 2.45) is 5.92 Å². The predicted molar refractivity (Wildman–Crippen MR) is 81.5 cm³/mol. The van der Waals surface area contributed by atoms with E-state index in [1.165, 1.54) is 18.4 Å². The molecule has 2 heterocycles. The number of nitrogens with one attached hydrogen (secondary N) is 1. The SMILES string of the molecule is CN(C)S(=O)(=O)C[C@@H]1COC[C@H]1NC(=O)c1cc(C2CC2)no1. The number of nitrogens with zero attached hydrogens (tertiary/aromatic N) is 2. The Morgan fingerprint density at radius 1 is 1.39 bits per heavy atom. The molecule has 0 aromatic carbocycles. The molecular weight excluding hydrogens is 322 g/mol. The Kier molecular flexibility index (Phi) is 4.43. The quantitative estimate of drug-likeness (QED) is 0.791. The minimum absolute atomic E-state index is 0.0608. The highest BCUT2D eigenvalue weighted by Gasteiger charge is 2.35. The van der Waals surface area contributed by atoms with E-state index in [0.717, 1.165) is 18.5 Å². The van der Waals surface area contributed by atoms with Gasteiger partial charge < -0.3 is 14.6 Å². The number of hydrogen-bond acceptors (Lipinski definition) is 6. The van der Waals surface area contributed by atoms with Gasteiger partial charge in [-0.15, -0.1) is 0 Å². The molecule has 0 unspecified atom stereocenters. The largest absolute Gasteiger partial charge is 0.379 e. The summed E-state index contributed by atoms with van der Waals surface area (Å²) >= 11 is 0. The lowest BCUT2D eigenvalue weighted by Gasteiger charge is -2.20. The highest BCUT2D eigenvalue weighted by Crippen LogP contribution is 2.39. The zero-order chi connectivity index (χ0) is 16.6. The van der Waals surface area contributed by atoms with Crippen molar-refractivity contribution in [2.45, 2.75) is 24.8 Å². The number of rotatable bonds is 6. The highest BCUT2D eigenvalue weighted by atomic mass is 32.2. The van der Waals surface area contributed by atoms with E-state index in [1.54, 1.807) is 6.07 Å². The van der Waals surface area contributed by atoms with Gasteiger partial charge in [0.05, 0.1) is 30.7 Å². The summed E-state index contributed by atoms with van der Waals surface area (Å²) < 4.78 is 35.6. The van der Waals surface area contributed by atoms with Crippen molar-refractivity contribution in [3.8, 4) is 0 Å². The van der Waals surface area contributed by atoms with E-state index in [2.05, 4.69) is 10.5 Å². The van der Waals surface area contributed by atoms with Gasteiger partial charge >= 0.3 is 0 Å². The third-order valence-electron chi connectivity index (χ3n) is 4.24. The number of carbonyl (C=O) groups is 1. The van der Waals surface area contributed by atoms with Crippen LogP contribution in [-0.2, 0) is 14.8 Å². The first kappa shape index (κ1) is 16.4. The monoisotopic (exact) mass is 343 g/mol. The Bertz CT molecular complexity index is 680. The summed E-state index contributed by atoms with van der Waals surface area (Å²) in [6.07, 6.45) is 2.16. The Labute approximate surface area is 135 Å². The average Bonchev–Trinajstić information content (AvgIpc) is 3.05. The van der Waals surface area contributed by atoms with Crippen molar-refractivity contribution < 1.29 is 22.5 Å².